The molecule has 3 N–H and O–H groups in total. The van der Waals surface area contributed by atoms with Gasteiger partial charge in [0.1, 0.15) is 11.6 Å². The first-order chi connectivity index (χ1) is 18.2. The highest BCUT2D eigenvalue weighted by molar-refractivity contribution is 5.97. The SMILES string of the molecule is CCN(C(=O)COC(=O)CCCOc1ccc(C(C)=O)cc1)c1c(N)n(Cc2ccccc2)c(=O)[nH]c1=O. The number of Topliss-reactive ketones (excluding diaryl/α,β-unsaturated/α-hetero) is 1. The van der Waals surface area contributed by atoms with Crippen molar-refractivity contribution in [1.29, 1.82) is 0 Å². The third-order valence-electron chi connectivity index (χ3n) is 5.70. The molecule has 11 nitrogen and oxygen atoms in total. The molecule has 1 aromatic heterocycles. The van der Waals surface area contributed by atoms with Crippen molar-refractivity contribution < 1.29 is 23.9 Å². The first-order valence-corrected chi connectivity index (χ1v) is 12.1. The Labute approximate surface area is 218 Å². The summed E-state index contributed by atoms with van der Waals surface area (Å²) in [5.74, 6) is -0.923. The molecule has 0 saturated carbocycles. The lowest BCUT2D eigenvalue weighted by atomic mass is 10.1. The van der Waals surface area contributed by atoms with Crippen molar-refractivity contribution in [2.24, 2.45) is 0 Å². The molecule has 3 aromatic rings. The van der Waals surface area contributed by atoms with Crippen LogP contribution in [0.1, 0.15) is 42.6 Å². The summed E-state index contributed by atoms with van der Waals surface area (Å²) in [6.07, 6.45) is 0.353. The Morgan fingerprint density at radius 3 is 2.34 bits per heavy atom. The molecule has 11 heteroatoms. The summed E-state index contributed by atoms with van der Waals surface area (Å²) in [4.78, 5) is 64.5. The van der Waals surface area contributed by atoms with Gasteiger partial charge in [0.05, 0.1) is 13.2 Å². The smallest absolute Gasteiger partial charge is 0.330 e. The number of aromatic amines is 1. The average Bonchev–Trinajstić information content (AvgIpc) is 2.90. The van der Waals surface area contributed by atoms with Crippen LogP contribution >= 0.6 is 0 Å². The van der Waals surface area contributed by atoms with Crippen LogP contribution in [0.2, 0.25) is 0 Å². The largest absolute Gasteiger partial charge is 0.494 e. The van der Waals surface area contributed by atoms with Crippen molar-refractivity contribution in [3.63, 3.8) is 0 Å². The predicted octanol–water partition coefficient (Wildman–Crippen LogP) is 2.12. The molecule has 0 atom stereocenters. The molecule has 0 unspecified atom stereocenters. The number of nitrogens with one attached hydrogen (secondary N) is 1. The van der Waals surface area contributed by atoms with Crippen molar-refractivity contribution in [2.75, 3.05) is 30.4 Å². The minimum atomic E-state index is -0.813. The Morgan fingerprint density at radius 1 is 1.03 bits per heavy atom. The number of likely N-dealkylation sites (N-methyl/N-ethyl adjacent to an activating group) is 1. The lowest BCUT2D eigenvalue weighted by Gasteiger charge is -2.23. The molecule has 0 saturated heterocycles. The van der Waals surface area contributed by atoms with Crippen LogP contribution in [-0.2, 0) is 20.9 Å². The van der Waals surface area contributed by atoms with E-state index in [1.807, 2.05) is 6.07 Å². The monoisotopic (exact) mass is 522 g/mol. The summed E-state index contributed by atoms with van der Waals surface area (Å²) < 4.78 is 11.8. The Kier molecular flexibility index (Phi) is 9.58. The van der Waals surface area contributed by atoms with Crippen LogP contribution in [0.3, 0.4) is 0 Å². The van der Waals surface area contributed by atoms with Crippen LogP contribution in [-0.4, -0.2) is 47.0 Å². The van der Waals surface area contributed by atoms with Crippen LogP contribution in [0, 0.1) is 0 Å². The van der Waals surface area contributed by atoms with Gasteiger partial charge in [-0.05, 0) is 50.1 Å². The van der Waals surface area contributed by atoms with Crippen molar-refractivity contribution in [2.45, 2.75) is 33.2 Å². The van der Waals surface area contributed by atoms with Crippen LogP contribution in [0.25, 0.3) is 0 Å². The second-order valence-electron chi connectivity index (χ2n) is 8.40. The van der Waals surface area contributed by atoms with Gasteiger partial charge in [0, 0.05) is 18.5 Å². The van der Waals surface area contributed by atoms with Crippen molar-refractivity contribution in [3.05, 3.63) is 86.6 Å². The summed E-state index contributed by atoms with van der Waals surface area (Å²) >= 11 is 0. The topological polar surface area (TPSA) is 154 Å². The molecule has 3 rings (SSSR count). The molecule has 38 heavy (non-hydrogen) atoms. The van der Waals surface area contributed by atoms with E-state index >= 15 is 0 Å². The maximum atomic E-state index is 12.8. The van der Waals surface area contributed by atoms with Gasteiger partial charge in [-0.3, -0.25) is 28.7 Å². The fourth-order valence-corrected chi connectivity index (χ4v) is 3.71. The van der Waals surface area contributed by atoms with Crippen LogP contribution < -0.4 is 26.6 Å². The number of nitrogens with zero attached hydrogens (tertiary/aromatic N) is 2. The number of hydrogen-bond donors (Lipinski definition) is 2. The zero-order chi connectivity index (χ0) is 27.7. The van der Waals surface area contributed by atoms with Gasteiger partial charge in [-0.2, -0.15) is 0 Å². The van der Waals surface area contributed by atoms with E-state index < -0.39 is 29.7 Å². The van der Waals surface area contributed by atoms with Gasteiger partial charge in [0.15, 0.2) is 18.1 Å². The van der Waals surface area contributed by atoms with E-state index in [2.05, 4.69) is 4.98 Å². The molecule has 0 spiro atoms. The van der Waals surface area contributed by atoms with Crippen LogP contribution in [0.4, 0.5) is 11.5 Å². The maximum absolute atomic E-state index is 12.8. The fraction of sp³-hybridized carbons (Fsp3) is 0.296. The maximum Gasteiger partial charge on any atom is 0.330 e. The molecule has 200 valence electrons. The highest BCUT2D eigenvalue weighted by Crippen LogP contribution is 2.18. The van der Waals surface area contributed by atoms with Gasteiger partial charge in [0.25, 0.3) is 11.5 Å². The summed E-state index contributed by atoms with van der Waals surface area (Å²) in [5.41, 5.74) is 5.82. The number of rotatable bonds is 12. The Morgan fingerprint density at radius 2 is 1.71 bits per heavy atom. The summed E-state index contributed by atoms with van der Waals surface area (Å²) in [7, 11) is 0. The first-order valence-electron chi connectivity index (χ1n) is 12.1. The lowest BCUT2D eigenvalue weighted by molar-refractivity contribution is -0.148. The summed E-state index contributed by atoms with van der Waals surface area (Å²) in [6.45, 7) is 2.90. The normalized spacial score (nSPS) is 10.6. The molecule has 0 aliphatic heterocycles. The lowest BCUT2D eigenvalue weighted by Crippen LogP contribution is -2.42. The molecular weight excluding hydrogens is 492 g/mol. The zero-order valence-electron chi connectivity index (χ0n) is 21.3. The number of ketones is 1. The molecule has 1 amide bonds. The Bertz CT molecular complexity index is 1400. The number of hydrogen-bond acceptors (Lipinski definition) is 8. The first kappa shape index (κ1) is 27.9. The van der Waals surface area contributed by atoms with E-state index in [4.69, 9.17) is 15.2 Å². The number of aromatic nitrogens is 2. The molecular formula is C27H30N4O7. The number of nitrogen functional groups attached to an aromatic ring is 1. The highest BCUT2D eigenvalue weighted by atomic mass is 16.5. The molecule has 0 bridgehead atoms. The van der Waals surface area contributed by atoms with E-state index in [9.17, 15) is 24.0 Å². The predicted molar refractivity (Wildman–Crippen MR) is 141 cm³/mol. The number of amides is 1. The Hall–Kier alpha value is -4.67. The molecule has 0 radical (unpaired) electrons. The third kappa shape index (κ3) is 7.19. The van der Waals surface area contributed by atoms with Crippen molar-refractivity contribution >= 4 is 29.2 Å². The number of carbonyl (C=O) groups excluding carboxylic acids is 3. The van der Waals surface area contributed by atoms with E-state index in [1.165, 1.54) is 11.5 Å². The van der Waals surface area contributed by atoms with Gasteiger partial charge in [0.2, 0.25) is 0 Å². The standard InChI is InChI=1S/C27H30N4O7/c1-3-30(24-25(28)31(27(36)29-26(24)35)16-19-8-5-4-6-9-19)22(33)17-38-23(34)10-7-15-37-21-13-11-20(12-14-21)18(2)32/h4-6,8-9,11-14H,3,7,10,15-17,28H2,1-2H3,(H,29,35,36). The minimum Gasteiger partial charge on any atom is -0.494 e. The minimum absolute atomic E-state index is 0.00953. The van der Waals surface area contributed by atoms with Gasteiger partial charge in [-0.15, -0.1) is 0 Å². The van der Waals surface area contributed by atoms with Crippen molar-refractivity contribution in [1.82, 2.24) is 9.55 Å². The fourth-order valence-electron chi connectivity index (χ4n) is 3.71. The van der Waals surface area contributed by atoms with E-state index in [-0.39, 0.29) is 43.4 Å². The average molecular weight is 523 g/mol. The number of carbonyl (C=O) groups is 3. The number of anilines is 2. The second kappa shape index (κ2) is 13.0. The summed E-state index contributed by atoms with van der Waals surface area (Å²) in [6, 6.07) is 15.7. The number of ether oxygens (including phenoxy) is 2. The van der Waals surface area contributed by atoms with Gasteiger partial charge < -0.3 is 20.1 Å². The number of nitrogens with two attached hydrogens (primary N) is 1. The Balaban J connectivity index is 1.56. The molecule has 1 heterocycles. The number of H-pyrrole nitrogens is 1. The summed E-state index contributed by atoms with van der Waals surface area (Å²) in [5, 5.41) is 0. The molecule has 2 aromatic carbocycles. The third-order valence-corrected chi connectivity index (χ3v) is 5.70. The number of esters is 1. The molecule has 0 fully saturated rings. The van der Waals surface area contributed by atoms with E-state index in [0.29, 0.717) is 17.7 Å². The zero-order valence-corrected chi connectivity index (χ0v) is 21.3. The number of benzene rings is 2. The van der Waals surface area contributed by atoms with Crippen molar-refractivity contribution in [3.8, 4) is 5.75 Å². The van der Waals surface area contributed by atoms with E-state index in [1.54, 1.807) is 55.5 Å². The van der Waals surface area contributed by atoms with Crippen LogP contribution in [0.5, 0.6) is 5.75 Å². The quantitative estimate of drug-likeness (QED) is 0.208. The molecule has 0 aliphatic carbocycles. The molecule has 0 aliphatic rings. The second-order valence-corrected chi connectivity index (χ2v) is 8.40. The van der Waals surface area contributed by atoms with Gasteiger partial charge in [-0.1, -0.05) is 30.3 Å². The van der Waals surface area contributed by atoms with Crippen LogP contribution in [0.15, 0.2) is 64.2 Å². The highest BCUT2D eigenvalue weighted by Gasteiger charge is 2.24. The van der Waals surface area contributed by atoms with Gasteiger partial charge in [-0.25, -0.2) is 4.79 Å². The van der Waals surface area contributed by atoms with E-state index in [0.717, 1.165) is 10.5 Å². The van der Waals surface area contributed by atoms with Gasteiger partial charge >= 0.3 is 11.7 Å².